The molecular weight excluding hydrogens is 312 g/mol. The average Bonchev–Trinajstić information content (AvgIpc) is 2.96. The number of allylic oxidation sites excluding steroid dienone is 1. The molecule has 25 heavy (non-hydrogen) atoms. The summed E-state index contributed by atoms with van der Waals surface area (Å²) in [6.45, 7) is 5.56. The van der Waals surface area contributed by atoms with E-state index < -0.39 is 0 Å². The molecule has 3 rings (SSSR count). The monoisotopic (exact) mass is 330 g/mol. The van der Waals surface area contributed by atoms with Gasteiger partial charge in [0.05, 0.1) is 16.6 Å². The number of H-pyrrole nitrogens is 1. The third kappa shape index (κ3) is 3.59. The van der Waals surface area contributed by atoms with Crippen molar-refractivity contribution in [3.63, 3.8) is 0 Å². The first-order chi connectivity index (χ1) is 12.0. The topological polar surface area (TPSA) is 81.6 Å². The molecule has 0 aliphatic rings. The highest BCUT2D eigenvalue weighted by atomic mass is 16.1. The number of rotatable bonds is 3. The van der Waals surface area contributed by atoms with Gasteiger partial charge in [-0.15, -0.1) is 0 Å². The molecule has 124 valence electrons. The van der Waals surface area contributed by atoms with Crippen LogP contribution in [-0.2, 0) is 4.79 Å². The van der Waals surface area contributed by atoms with E-state index in [-0.39, 0.29) is 5.91 Å². The fourth-order valence-corrected chi connectivity index (χ4v) is 2.58. The highest BCUT2D eigenvalue weighted by Gasteiger charge is 2.09. The second-order valence-electron chi connectivity index (χ2n) is 6.01. The molecule has 0 saturated heterocycles. The van der Waals surface area contributed by atoms with Crippen LogP contribution >= 0.6 is 0 Å². The van der Waals surface area contributed by atoms with E-state index in [0.717, 1.165) is 22.3 Å². The number of nitrogens with zero attached hydrogens (tertiary/aromatic N) is 2. The zero-order valence-corrected chi connectivity index (χ0v) is 14.3. The molecule has 1 amide bonds. The standard InChI is InChI=1S/C20H18N4O/c1-12-8-18-19(9-13(12)2)24-20(23-18)16(11-21)10-15-4-6-17(7-5-15)22-14(3)25/h4-10H,1-3H3,(H,22,25)(H,23,24). The van der Waals surface area contributed by atoms with Gasteiger partial charge in [0.25, 0.3) is 0 Å². The molecule has 0 bridgehead atoms. The summed E-state index contributed by atoms with van der Waals surface area (Å²) >= 11 is 0. The molecule has 0 unspecified atom stereocenters. The van der Waals surface area contributed by atoms with Crippen LogP contribution in [0.4, 0.5) is 5.69 Å². The molecule has 1 heterocycles. The maximum absolute atomic E-state index is 11.1. The summed E-state index contributed by atoms with van der Waals surface area (Å²) in [4.78, 5) is 18.8. The number of carbonyl (C=O) groups is 1. The Morgan fingerprint density at radius 3 is 2.52 bits per heavy atom. The largest absolute Gasteiger partial charge is 0.337 e. The molecule has 2 aromatic carbocycles. The molecule has 0 atom stereocenters. The first-order valence-corrected chi connectivity index (χ1v) is 7.93. The van der Waals surface area contributed by atoms with Crippen LogP contribution in [0.15, 0.2) is 36.4 Å². The molecule has 0 radical (unpaired) electrons. The minimum absolute atomic E-state index is 0.117. The lowest BCUT2D eigenvalue weighted by Gasteiger charge is -2.02. The van der Waals surface area contributed by atoms with Gasteiger partial charge in [0.1, 0.15) is 11.9 Å². The van der Waals surface area contributed by atoms with Gasteiger partial charge >= 0.3 is 0 Å². The van der Waals surface area contributed by atoms with Crippen molar-refractivity contribution in [1.82, 2.24) is 9.97 Å². The molecule has 1 aromatic heterocycles. The van der Waals surface area contributed by atoms with Crippen molar-refractivity contribution in [3.8, 4) is 6.07 Å². The number of anilines is 1. The van der Waals surface area contributed by atoms with E-state index in [2.05, 4.69) is 21.4 Å². The van der Waals surface area contributed by atoms with Crippen molar-refractivity contribution in [2.75, 3.05) is 5.32 Å². The number of benzene rings is 2. The van der Waals surface area contributed by atoms with Gasteiger partial charge in [-0.05, 0) is 60.9 Å². The molecule has 0 fully saturated rings. The normalized spacial score (nSPS) is 11.4. The number of aryl methyl sites for hydroxylation is 2. The highest BCUT2D eigenvalue weighted by Crippen LogP contribution is 2.22. The lowest BCUT2D eigenvalue weighted by Crippen LogP contribution is -2.05. The third-order valence-corrected chi connectivity index (χ3v) is 4.01. The lowest BCUT2D eigenvalue weighted by molar-refractivity contribution is -0.114. The zero-order valence-electron chi connectivity index (χ0n) is 14.3. The van der Waals surface area contributed by atoms with E-state index in [4.69, 9.17) is 0 Å². The van der Waals surface area contributed by atoms with Crippen LogP contribution in [0.1, 0.15) is 29.4 Å². The van der Waals surface area contributed by atoms with Gasteiger partial charge in [-0.1, -0.05) is 12.1 Å². The van der Waals surface area contributed by atoms with Crippen LogP contribution in [0.5, 0.6) is 0 Å². The summed E-state index contributed by atoms with van der Waals surface area (Å²) in [5.74, 6) is 0.433. The molecule has 0 aliphatic heterocycles. The second kappa shape index (κ2) is 6.62. The predicted octanol–water partition coefficient (Wildman–Crippen LogP) is 4.20. The molecule has 2 N–H and O–H groups in total. The van der Waals surface area contributed by atoms with E-state index in [1.54, 1.807) is 18.2 Å². The van der Waals surface area contributed by atoms with Crippen LogP contribution in [-0.4, -0.2) is 15.9 Å². The smallest absolute Gasteiger partial charge is 0.221 e. The average molecular weight is 330 g/mol. The summed E-state index contributed by atoms with van der Waals surface area (Å²) in [5, 5.41) is 12.2. The molecule has 5 nitrogen and oxygen atoms in total. The van der Waals surface area contributed by atoms with E-state index in [1.165, 1.54) is 18.1 Å². The second-order valence-corrected chi connectivity index (χ2v) is 6.01. The summed E-state index contributed by atoms with van der Waals surface area (Å²) < 4.78 is 0. The first kappa shape index (κ1) is 16.5. The Balaban J connectivity index is 1.95. The molecule has 0 spiro atoms. The molecule has 0 aliphatic carbocycles. The van der Waals surface area contributed by atoms with Crippen LogP contribution in [0.25, 0.3) is 22.7 Å². The molecule has 3 aromatic rings. The fourth-order valence-electron chi connectivity index (χ4n) is 2.58. The Kier molecular flexibility index (Phi) is 4.36. The van der Waals surface area contributed by atoms with Gasteiger partial charge in [0, 0.05) is 12.6 Å². The highest BCUT2D eigenvalue weighted by molar-refractivity contribution is 5.91. The van der Waals surface area contributed by atoms with E-state index in [9.17, 15) is 10.1 Å². The van der Waals surface area contributed by atoms with Gasteiger partial charge < -0.3 is 10.3 Å². The Morgan fingerprint density at radius 2 is 1.88 bits per heavy atom. The Bertz CT molecular complexity index is 981. The third-order valence-electron chi connectivity index (χ3n) is 4.01. The van der Waals surface area contributed by atoms with E-state index in [0.29, 0.717) is 11.4 Å². The summed E-state index contributed by atoms with van der Waals surface area (Å²) in [6, 6.07) is 13.5. The van der Waals surface area contributed by atoms with Gasteiger partial charge in [0.2, 0.25) is 5.91 Å². The Hall–Kier alpha value is -3.39. The van der Waals surface area contributed by atoms with Crippen molar-refractivity contribution in [2.45, 2.75) is 20.8 Å². The Morgan fingerprint density at radius 1 is 1.20 bits per heavy atom. The minimum atomic E-state index is -0.117. The lowest BCUT2D eigenvalue weighted by atomic mass is 10.1. The number of fused-ring (bicyclic) bond motifs is 1. The maximum Gasteiger partial charge on any atom is 0.221 e. The number of aromatic amines is 1. The van der Waals surface area contributed by atoms with Crippen molar-refractivity contribution in [2.24, 2.45) is 0 Å². The maximum atomic E-state index is 11.1. The number of hydrogen-bond acceptors (Lipinski definition) is 3. The number of amides is 1. The van der Waals surface area contributed by atoms with Crippen molar-refractivity contribution >= 4 is 34.3 Å². The fraction of sp³-hybridized carbons (Fsp3) is 0.150. The number of imidazole rings is 1. The SMILES string of the molecule is CC(=O)Nc1ccc(C=C(C#N)c2nc3cc(C)c(C)cc3[nH]2)cc1. The van der Waals surface area contributed by atoms with Crippen molar-refractivity contribution < 1.29 is 4.79 Å². The predicted molar refractivity (Wildman–Crippen MR) is 99.8 cm³/mol. The first-order valence-electron chi connectivity index (χ1n) is 7.93. The number of nitrogens with one attached hydrogen (secondary N) is 2. The molecule has 5 heteroatoms. The number of carbonyl (C=O) groups excluding carboxylic acids is 1. The van der Waals surface area contributed by atoms with Gasteiger partial charge in [-0.3, -0.25) is 4.79 Å². The number of nitriles is 1. The van der Waals surface area contributed by atoms with Crippen LogP contribution < -0.4 is 5.32 Å². The zero-order chi connectivity index (χ0) is 18.0. The van der Waals surface area contributed by atoms with Crippen LogP contribution in [0.3, 0.4) is 0 Å². The van der Waals surface area contributed by atoms with Crippen molar-refractivity contribution in [1.29, 1.82) is 5.26 Å². The quantitative estimate of drug-likeness (QED) is 0.706. The van der Waals surface area contributed by atoms with Gasteiger partial charge in [-0.25, -0.2) is 4.98 Å². The number of aromatic nitrogens is 2. The Labute approximate surface area is 146 Å². The molecule has 0 saturated carbocycles. The minimum Gasteiger partial charge on any atom is -0.337 e. The van der Waals surface area contributed by atoms with Crippen molar-refractivity contribution in [3.05, 3.63) is 58.9 Å². The van der Waals surface area contributed by atoms with Crippen LogP contribution in [0.2, 0.25) is 0 Å². The summed E-state index contributed by atoms with van der Waals surface area (Å²) in [6.07, 6.45) is 1.77. The van der Waals surface area contributed by atoms with E-state index in [1.807, 2.05) is 38.1 Å². The van der Waals surface area contributed by atoms with E-state index >= 15 is 0 Å². The summed E-state index contributed by atoms with van der Waals surface area (Å²) in [5.41, 5.74) is 6.15. The van der Waals surface area contributed by atoms with Crippen LogP contribution in [0, 0.1) is 25.2 Å². The summed E-state index contributed by atoms with van der Waals surface area (Å²) in [7, 11) is 0. The molecular formula is C20H18N4O. The van der Waals surface area contributed by atoms with Gasteiger partial charge in [-0.2, -0.15) is 5.26 Å². The number of hydrogen-bond donors (Lipinski definition) is 2. The van der Waals surface area contributed by atoms with Gasteiger partial charge in [0.15, 0.2) is 0 Å².